The van der Waals surface area contributed by atoms with Crippen LogP contribution in [0.15, 0.2) is 39.9 Å². The SMILES string of the molecule is CN=C(NCc1ccccn1)NCc1cc(C)oc1C. The molecular formula is C15H20N4O. The van der Waals surface area contributed by atoms with Crippen LogP contribution >= 0.6 is 0 Å². The third-order valence-corrected chi connectivity index (χ3v) is 2.98. The van der Waals surface area contributed by atoms with Crippen molar-refractivity contribution in [2.24, 2.45) is 4.99 Å². The Labute approximate surface area is 119 Å². The average molecular weight is 272 g/mol. The van der Waals surface area contributed by atoms with Crippen molar-refractivity contribution in [3.63, 3.8) is 0 Å². The number of aryl methyl sites for hydroxylation is 2. The van der Waals surface area contributed by atoms with Crippen molar-refractivity contribution >= 4 is 5.96 Å². The fourth-order valence-corrected chi connectivity index (χ4v) is 1.94. The molecule has 2 N–H and O–H groups in total. The van der Waals surface area contributed by atoms with Crippen molar-refractivity contribution in [1.82, 2.24) is 15.6 Å². The highest BCUT2D eigenvalue weighted by Gasteiger charge is 2.05. The predicted octanol–water partition coefficient (Wildman–Crippen LogP) is 2.16. The summed E-state index contributed by atoms with van der Waals surface area (Å²) in [6, 6.07) is 7.89. The molecule has 0 saturated carbocycles. The van der Waals surface area contributed by atoms with E-state index < -0.39 is 0 Å². The zero-order valence-electron chi connectivity index (χ0n) is 12.1. The first kappa shape index (κ1) is 14.1. The van der Waals surface area contributed by atoms with Gasteiger partial charge in [0.25, 0.3) is 0 Å². The molecule has 2 aromatic rings. The molecule has 20 heavy (non-hydrogen) atoms. The van der Waals surface area contributed by atoms with E-state index in [-0.39, 0.29) is 0 Å². The van der Waals surface area contributed by atoms with Crippen LogP contribution in [0.4, 0.5) is 0 Å². The molecule has 5 heteroatoms. The highest BCUT2D eigenvalue weighted by Crippen LogP contribution is 2.12. The van der Waals surface area contributed by atoms with Crippen molar-refractivity contribution < 1.29 is 4.42 Å². The summed E-state index contributed by atoms with van der Waals surface area (Å²) in [6.45, 7) is 5.24. The summed E-state index contributed by atoms with van der Waals surface area (Å²) in [7, 11) is 1.75. The smallest absolute Gasteiger partial charge is 0.191 e. The number of hydrogen-bond donors (Lipinski definition) is 2. The molecule has 0 saturated heterocycles. The minimum Gasteiger partial charge on any atom is -0.466 e. The summed E-state index contributed by atoms with van der Waals surface area (Å²) in [5.74, 6) is 2.61. The highest BCUT2D eigenvalue weighted by molar-refractivity contribution is 5.79. The minimum absolute atomic E-state index is 0.643. The molecule has 0 bridgehead atoms. The van der Waals surface area contributed by atoms with E-state index in [1.807, 2.05) is 38.1 Å². The van der Waals surface area contributed by atoms with Crippen molar-refractivity contribution in [2.45, 2.75) is 26.9 Å². The Morgan fingerprint density at radius 1 is 1.25 bits per heavy atom. The van der Waals surface area contributed by atoms with Gasteiger partial charge in [-0.3, -0.25) is 9.98 Å². The zero-order valence-corrected chi connectivity index (χ0v) is 12.1. The third kappa shape index (κ3) is 3.85. The first-order chi connectivity index (χ1) is 9.69. The van der Waals surface area contributed by atoms with E-state index in [0.717, 1.165) is 28.7 Å². The number of rotatable bonds is 4. The van der Waals surface area contributed by atoms with E-state index in [4.69, 9.17) is 4.42 Å². The fourth-order valence-electron chi connectivity index (χ4n) is 1.94. The van der Waals surface area contributed by atoms with Gasteiger partial charge in [0, 0.05) is 25.4 Å². The Morgan fingerprint density at radius 2 is 2.05 bits per heavy atom. The van der Waals surface area contributed by atoms with Crippen LogP contribution in [-0.4, -0.2) is 18.0 Å². The van der Waals surface area contributed by atoms with E-state index >= 15 is 0 Å². The third-order valence-electron chi connectivity index (χ3n) is 2.98. The Bertz CT molecular complexity index is 575. The number of aromatic nitrogens is 1. The van der Waals surface area contributed by atoms with Crippen molar-refractivity contribution in [3.8, 4) is 0 Å². The van der Waals surface area contributed by atoms with Crippen LogP contribution in [0.5, 0.6) is 0 Å². The molecule has 0 radical (unpaired) electrons. The number of nitrogens with one attached hydrogen (secondary N) is 2. The molecule has 0 atom stereocenters. The second-order valence-corrected chi connectivity index (χ2v) is 4.54. The van der Waals surface area contributed by atoms with Crippen LogP contribution in [0.3, 0.4) is 0 Å². The molecule has 0 amide bonds. The molecule has 2 aromatic heterocycles. The molecule has 0 spiro atoms. The number of guanidine groups is 1. The maximum Gasteiger partial charge on any atom is 0.191 e. The van der Waals surface area contributed by atoms with Crippen LogP contribution in [0.1, 0.15) is 22.8 Å². The van der Waals surface area contributed by atoms with Crippen LogP contribution in [0, 0.1) is 13.8 Å². The van der Waals surface area contributed by atoms with Gasteiger partial charge in [0.05, 0.1) is 12.2 Å². The van der Waals surface area contributed by atoms with Crippen molar-refractivity contribution in [3.05, 3.63) is 53.2 Å². The monoisotopic (exact) mass is 272 g/mol. The Balaban J connectivity index is 1.86. The summed E-state index contributed by atoms with van der Waals surface area (Å²) < 4.78 is 5.50. The van der Waals surface area contributed by atoms with Crippen molar-refractivity contribution in [1.29, 1.82) is 0 Å². The lowest BCUT2D eigenvalue weighted by Gasteiger charge is -2.11. The molecule has 0 fully saturated rings. The van der Waals surface area contributed by atoms with Gasteiger partial charge in [-0.1, -0.05) is 6.07 Å². The predicted molar refractivity (Wildman–Crippen MR) is 79.5 cm³/mol. The van der Waals surface area contributed by atoms with E-state index in [0.29, 0.717) is 13.1 Å². The second kappa shape index (κ2) is 6.75. The lowest BCUT2D eigenvalue weighted by molar-refractivity contribution is 0.500. The first-order valence-corrected chi connectivity index (χ1v) is 6.59. The largest absolute Gasteiger partial charge is 0.466 e. The first-order valence-electron chi connectivity index (χ1n) is 6.59. The summed E-state index contributed by atoms with van der Waals surface area (Å²) in [4.78, 5) is 8.45. The molecule has 0 aromatic carbocycles. The lowest BCUT2D eigenvalue weighted by atomic mass is 10.2. The standard InChI is InChI=1S/C15H20N4O/c1-11-8-13(12(2)20-11)9-18-15(16-3)19-10-14-6-4-5-7-17-14/h4-8H,9-10H2,1-3H3,(H2,16,18,19). The van der Waals surface area contributed by atoms with Gasteiger partial charge in [-0.05, 0) is 32.0 Å². The maximum absolute atomic E-state index is 5.50. The van der Waals surface area contributed by atoms with Gasteiger partial charge < -0.3 is 15.1 Å². The summed E-state index contributed by atoms with van der Waals surface area (Å²) >= 11 is 0. The zero-order chi connectivity index (χ0) is 14.4. The molecular weight excluding hydrogens is 252 g/mol. The van der Waals surface area contributed by atoms with Crippen LogP contribution in [0.25, 0.3) is 0 Å². The number of furan rings is 1. The Kier molecular flexibility index (Phi) is 4.76. The lowest BCUT2D eigenvalue weighted by Crippen LogP contribution is -2.36. The van der Waals surface area contributed by atoms with Gasteiger partial charge in [-0.2, -0.15) is 0 Å². The molecule has 2 rings (SSSR count). The molecule has 2 heterocycles. The highest BCUT2D eigenvalue weighted by atomic mass is 16.3. The summed E-state index contributed by atoms with van der Waals surface area (Å²) in [5.41, 5.74) is 2.12. The maximum atomic E-state index is 5.50. The van der Waals surface area contributed by atoms with E-state index in [1.54, 1.807) is 13.2 Å². The molecule has 106 valence electrons. The Hall–Kier alpha value is -2.30. The Morgan fingerprint density at radius 3 is 2.65 bits per heavy atom. The van der Waals surface area contributed by atoms with Gasteiger partial charge in [0.2, 0.25) is 0 Å². The minimum atomic E-state index is 0.643. The number of nitrogens with zero attached hydrogens (tertiary/aromatic N) is 2. The summed E-state index contributed by atoms with van der Waals surface area (Å²) in [5, 5.41) is 6.49. The summed E-state index contributed by atoms with van der Waals surface area (Å²) in [6.07, 6.45) is 1.78. The van der Waals surface area contributed by atoms with Gasteiger partial charge in [0.1, 0.15) is 11.5 Å². The van der Waals surface area contributed by atoms with Crippen LogP contribution in [-0.2, 0) is 13.1 Å². The fraction of sp³-hybridized carbons (Fsp3) is 0.333. The number of hydrogen-bond acceptors (Lipinski definition) is 3. The molecule has 0 aliphatic rings. The quantitative estimate of drug-likeness (QED) is 0.661. The van der Waals surface area contributed by atoms with Crippen LogP contribution in [0.2, 0.25) is 0 Å². The molecule has 0 unspecified atom stereocenters. The van der Waals surface area contributed by atoms with Gasteiger partial charge in [0.15, 0.2) is 5.96 Å². The van der Waals surface area contributed by atoms with E-state index in [1.165, 1.54) is 0 Å². The molecule has 0 aliphatic carbocycles. The number of aliphatic imine (C=N–C) groups is 1. The normalized spacial score (nSPS) is 11.4. The number of pyridine rings is 1. The van der Waals surface area contributed by atoms with E-state index in [9.17, 15) is 0 Å². The van der Waals surface area contributed by atoms with E-state index in [2.05, 4.69) is 20.6 Å². The molecule has 5 nitrogen and oxygen atoms in total. The van der Waals surface area contributed by atoms with Gasteiger partial charge in [-0.15, -0.1) is 0 Å². The average Bonchev–Trinajstić information content (AvgIpc) is 2.78. The van der Waals surface area contributed by atoms with Gasteiger partial charge in [-0.25, -0.2) is 0 Å². The second-order valence-electron chi connectivity index (χ2n) is 4.54. The molecule has 0 aliphatic heterocycles. The van der Waals surface area contributed by atoms with Crippen molar-refractivity contribution in [2.75, 3.05) is 7.05 Å². The van der Waals surface area contributed by atoms with Crippen LogP contribution < -0.4 is 10.6 Å². The van der Waals surface area contributed by atoms with Gasteiger partial charge >= 0.3 is 0 Å². The topological polar surface area (TPSA) is 62.5 Å².